The van der Waals surface area contributed by atoms with Gasteiger partial charge in [-0.3, -0.25) is 14.4 Å². The molecule has 1 aromatic rings. The third kappa shape index (κ3) is 4.59. The van der Waals surface area contributed by atoms with Crippen LogP contribution in [0.1, 0.15) is 36.7 Å². The summed E-state index contributed by atoms with van der Waals surface area (Å²) in [5.41, 5.74) is 1.47. The van der Waals surface area contributed by atoms with Gasteiger partial charge in [0.05, 0.1) is 0 Å². The summed E-state index contributed by atoms with van der Waals surface area (Å²) >= 11 is 0. The highest BCUT2D eigenvalue weighted by atomic mass is 16.2. The molecule has 0 bridgehead atoms. The molecule has 0 radical (unpaired) electrons. The molecule has 1 heterocycles. The minimum atomic E-state index is -0.573. The summed E-state index contributed by atoms with van der Waals surface area (Å²) in [6.07, 6.45) is 0. The Morgan fingerprint density at radius 2 is 1.56 bits per heavy atom. The van der Waals surface area contributed by atoms with Crippen LogP contribution in [0.4, 0.5) is 0 Å². The highest BCUT2D eigenvalue weighted by molar-refractivity contribution is 5.98. The van der Waals surface area contributed by atoms with Crippen molar-refractivity contribution in [3.05, 3.63) is 35.4 Å². The van der Waals surface area contributed by atoms with Crippen molar-refractivity contribution >= 4 is 17.7 Å². The molecule has 1 aromatic carbocycles. The molecule has 1 atom stereocenters. The molecular formula is C19H27N3O3. The fraction of sp³-hybridized carbons (Fsp3) is 0.526. The van der Waals surface area contributed by atoms with E-state index in [-0.39, 0.29) is 23.6 Å². The molecule has 0 saturated carbocycles. The number of hydrogen-bond acceptors (Lipinski definition) is 3. The van der Waals surface area contributed by atoms with Gasteiger partial charge in [-0.15, -0.1) is 0 Å². The fourth-order valence-electron chi connectivity index (χ4n) is 3.00. The minimum absolute atomic E-state index is 0.0219. The second kappa shape index (κ2) is 8.14. The van der Waals surface area contributed by atoms with E-state index >= 15 is 0 Å². The number of hydrogen-bond donors (Lipinski definition) is 1. The Morgan fingerprint density at radius 3 is 2.08 bits per heavy atom. The molecule has 1 aliphatic heterocycles. The van der Waals surface area contributed by atoms with Crippen molar-refractivity contribution in [2.24, 2.45) is 5.92 Å². The lowest BCUT2D eigenvalue weighted by Crippen LogP contribution is -2.57. The molecule has 0 aromatic heterocycles. The summed E-state index contributed by atoms with van der Waals surface area (Å²) in [5.74, 6) is -0.306. The van der Waals surface area contributed by atoms with Crippen LogP contribution in [0.15, 0.2) is 24.3 Å². The maximum absolute atomic E-state index is 12.9. The molecule has 0 unspecified atom stereocenters. The van der Waals surface area contributed by atoms with E-state index in [0.717, 1.165) is 5.56 Å². The van der Waals surface area contributed by atoms with E-state index in [9.17, 15) is 14.4 Å². The van der Waals surface area contributed by atoms with E-state index in [2.05, 4.69) is 5.32 Å². The number of rotatable bonds is 4. The summed E-state index contributed by atoms with van der Waals surface area (Å²) < 4.78 is 0. The van der Waals surface area contributed by atoms with Crippen LogP contribution in [0.3, 0.4) is 0 Å². The van der Waals surface area contributed by atoms with Crippen LogP contribution < -0.4 is 5.32 Å². The molecule has 25 heavy (non-hydrogen) atoms. The highest BCUT2D eigenvalue weighted by Gasteiger charge is 2.31. The van der Waals surface area contributed by atoms with Crippen molar-refractivity contribution in [2.45, 2.75) is 33.7 Å². The van der Waals surface area contributed by atoms with E-state index in [1.165, 1.54) is 6.92 Å². The molecule has 2 rings (SSSR count). The molecule has 1 saturated heterocycles. The average molecular weight is 345 g/mol. The number of piperazine rings is 1. The first-order chi connectivity index (χ1) is 11.8. The molecule has 0 aliphatic carbocycles. The predicted molar refractivity (Wildman–Crippen MR) is 96.1 cm³/mol. The zero-order valence-electron chi connectivity index (χ0n) is 15.4. The zero-order valence-corrected chi connectivity index (χ0v) is 15.4. The van der Waals surface area contributed by atoms with Gasteiger partial charge in [-0.2, -0.15) is 0 Å². The average Bonchev–Trinajstić information content (AvgIpc) is 2.59. The van der Waals surface area contributed by atoms with E-state index in [4.69, 9.17) is 0 Å². The largest absolute Gasteiger partial charge is 0.340 e. The Bertz CT molecular complexity index is 649. The third-order valence-corrected chi connectivity index (χ3v) is 4.65. The van der Waals surface area contributed by atoms with Crippen LogP contribution in [0.5, 0.6) is 0 Å². The molecular weight excluding hydrogens is 318 g/mol. The number of nitrogens with zero attached hydrogens (tertiary/aromatic N) is 2. The van der Waals surface area contributed by atoms with Gasteiger partial charge in [0.1, 0.15) is 6.04 Å². The summed E-state index contributed by atoms with van der Waals surface area (Å²) in [7, 11) is 0. The second-order valence-corrected chi connectivity index (χ2v) is 6.84. The van der Waals surface area contributed by atoms with Crippen LogP contribution in [-0.4, -0.2) is 59.7 Å². The van der Waals surface area contributed by atoms with Gasteiger partial charge < -0.3 is 15.1 Å². The van der Waals surface area contributed by atoms with Crippen molar-refractivity contribution < 1.29 is 14.4 Å². The van der Waals surface area contributed by atoms with Gasteiger partial charge in [0, 0.05) is 38.7 Å². The van der Waals surface area contributed by atoms with Crippen molar-refractivity contribution in [3.8, 4) is 0 Å². The second-order valence-electron chi connectivity index (χ2n) is 6.84. The van der Waals surface area contributed by atoms with Gasteiger partial charge in [-0.25, -0.2) is 0 Å². The summed E-state index contributed by atoms with van der Waals surface area (Å²) in [4.78, 5) is 40.3. The lowest BCUT2D eigenvalue weighted by molar-refractivity contribution is -0.140. The van der Waals surface area contributed by atoms with E-state index in [1.54, 1.807) is 15.9 Å². The fourth-order valence-corrected chi connectivity index (χ4v) is 3.00. The van der Waals surface area contributed by atoms with Crippen molar-refractivity contribution in [2.75, 3.05) is 26.2 Å². The molecule has 6 heteroatoms. The maximum atomic E-state index is 12.9. The Kier molecular flexibility index (Phi) is 6.17. The molecule has 136 valence electrons. The number of aryl methyl sites for hydroxylation is 1. The van der Waals surface area contributed by atoms with Crippen LogP contribution in [0, 0.1) is 12.8 Å². The van der Waals surface area contributed by atoms with Gasteiger partial charge in [-0.05, 0) is 24.5 Å². The molecule has 6 nitrogen and oxygen atoms in total. The zero-order chi connectivity index (χ0) is 18.6. The van der Waals surface area contributed by atoms with Crippen molar-refractivity contribution in [1.29, 1.82) is 0 Å². The summed E-state index contributed by atoms with van der Waals surface area (Å²) in [5, 5.41) is 2.89. The third-order valence-electron chi connectivity index (χ3n) is 4.65. The first kappa shape index (κ1) is 19.0. The van der Waals surface area contributed by atoms with Crippen LogP contribution in [-0.2, 0) is 9.59 Å². The van der Waals surface area contributed by atoms with Crippen molar-refractivity contribution in [3.63, 3.8) is 0 Å². The highest BCUT2D eigenvalue weighted by Crippen LogP contribution is 2.12. The standard InChI is InChI=1S/C19H27N3O3/c1-13(2)17(20-18(24)16-8-6-5-7-14(16)3)19(25)22-11-9-21(10-12-22)15(4)23/h5-8,13,17H,9-12H2,1-4H3,(H,20,24)/t17-/m0/s1. The molecule has 1 aliphatic rings. The molecule has 0 spiro atoms. The number of carbonyl (C=O) groups is 3. The lowest BCUT2D eigenvalue weighted by Gasteiger charge is -2.37. The first-order valence-electron chi connectivity index (χ1n) is 8.72. The predicted octanol–water partition coefficient (Wildman–Crippen LogP) is 1.44. The summed E-state index contributed by atoms with van der Waals surface area (Å²) in [6.45, 7) is 9.34. The Labute approximate surface area is 149 Å². The first-order valence-corrected chi connectivity index (χ1v) is 8.72. The molecule has 3 amide bonds. The van der Waals surface area contributed by atoms with E-state index < -0.39 is 6.04 Å². The monoisotopic (exact) mass is 345 g/mol. The van der Waals surface area contributed by atoms with Crippen molar-refractivity contribution in [1.82, 2.24) is 15.1 Å². The Balaban J connectivity index is 2.05. The van der Waals surface area contributed by atoms with Crippen LogP contribution >= 0.6 is 0 Å². The maximum Gasteiger partial charge on any atom is 0.252 e. The van der Waals surface area contributed by atoms with E-state index in [0.29, 0.717) is 31.7 Å². The number of amides is 3. The Morgan fingerprint density at radius 1 is 1.00 bits per heavy atom. The smallest absolute Gasteiger partial charge is 0.252 e. The normalized spacial score (nSPS) is 15.9. The lowest BCUT2D eigenvalue weighted by atomic mass is 10.0. The van der Waals surface area contributed by atoms with Gasteiger partial charge >= 0.3 is 0 Å². The van der Waals surface area contributed by atoms with E-state index in [1.807, 2.05) is 39.0 Å². The quantitative estimate of drug-likeness (QED) is 0.898. The van der Waals surface area contributed by atoms with Gasteiger partial charge in [0.2, 0.25) is 11.8 Å². The summed E-state index contributed by atoms with van der Waals surface area (Å²) in [6, 6.07) is 6.76. The SMILES string of the molecule is CC(=O)N1CCN(C(=O)[C@@H](NC(=O)c2ccccc2C)C(C)C)CC1. The van der Waals surface area contributed by atoms with Gasteiger partial charge in [0.25, 0.3) is 5.91 Å². The van der Waals surface area contributed by atoms with Gasteiger partial charge in [0.15, 0.2) is 0 Å². The van der Waals surface area contributed by atoms with Gasteiger partial charge in [-0.1, -0.05) is 32.0 Å². The number of nitrogens with one attached hydrogen (secondary N) is 1. The van der Waals surface area contributed by atoms with Crippen LogP contribution in [0.2, 0.25) is 0 Å². The minimum Gasteiger partial charge on any atom is -0.340 e. The van der Waals surface area contributed by atoms with Crippen LogP contribution in [0.25, 0.3) is 0 Å². The Hall–Kier alpha value is -2.37. The topological polar surface area (TPSA) is 69.7 Å². The molecule has 1 fully saturated rings. The number of carbonyl (C=O) groups excluding carboxylic acids is 3. The molecule has 1 N–H and O–H groups in total. The number of benzene rings is 1.